The lowest BCUT2D eigenvalue weighted by molar-refractivity contribution is -0.122. The molecule has 92 valence electrons. The van der Waals surface area contributed by atoms with Crippen molar-refractivity contribution in [3.63, 3.8) is 0 Å². The van der Waals surface area contributed by atoms with E-state index in [1.54, 1.807) is 0 Å². The van der Waals surface area contributed by atoms with E-state index in [9.17, 15) is 4.79 Å². The Kier molecular flexibility index (Phi) is 8.59. The number of hydrogen-bond acceptors (Lipinski definition) is 3. The van der Waals surface area contributed by atoms with E-state index < -0.39 is 6.04 Å². The van der Waals surface area contributed by atoms with Crippen molar-refractivity contribution in [2.45, 2.75) is 45.3 Å². The molecule has 0 aliphatic carbocycles. The Morgan fingerprint density at radius 1 is 1.50 bits per heavy atom. The first-order valence-electron chi connectivity index (χ1n) is 5.66. The van der Waals surface area contributed by atoms with Gasteiger partial charge in [-0.3, -0.25) is 4.79 Å². The maximum absolute atomic E-state index is 11.3. The van der Waals surface area contributed by atoms with Crippen LogP contribution in [0.25, 0.3) is 0 Å². The molecule has 1 amide bonds. The van der Waals surface area contributed by atoms with Crippen molar-refractivity contribution in [2.24, 2.45) is 5.73 Å². The molecule has 4 nitrogen and oxygen atoms in total. The number of nitrogens with one attached hydrogen (secondary N) is 1. The number of ether oxygens (including phenoxy) is 1. The molecular weight excluding hydrogens is 204 g/mol. The molecule has 0 aliphatic heterocycles. The largest absolute Gasteiger partial charge is 0.379 e. The van der Waals surface area contributed by atoms with Gasteiger partial charge in [0.25, 0.3) is 0 Å². The Morgan fingerprint density at radius 3 is 2.75 bits per heavy atom. The monoisotopic (exact) mass is 226 g/mol. The van der Waals surface area contributed by atoms with E-state index >= 15 is 0 Å². The number of rotatable bonds is 8. The van der Waals surface area contributed by atoms with Crippen molar-refractivity contribution in [3.05, 3.63) is 0 Å². The van der Waals surface area contributed by atoms with Crippen LogP contribution >= 0.6 is 0 Å². The predicted octanol–water partition coefficient (Wildman–Crippen LogP) is 0.658. The number of nitrogens with two attached hydrogens (primary N) is 1. The molecule has 4 heteroatoms. The summed E-state index contributed by atoms with van der Waals surface area (Å²) in [6.07, 6.45) is 7.43. The number of terminal acetylenes is 1. The second-order valence-electron chi connectivity index (χ2n) is 3.93. The predicted molar refractivity (Wildman–Crippen MR) is 64.8 cm³/mol. The fourth-order valence-electron chi connectivity index (χ4n) is 1.11. The minimum atomic E-state index is -0.586. The highest BCUT2D eigenvalue weighted by Crippen LogP contribution is 1.94. The zero-order valence-corrected chi connectivity index (χ0v) is 10.2. The van der Waals surface area contributed by atoms with Gasteiger partial charge in [-0.1, -0.05) is 0 Å². The van der Waals surface area contributed by atoms with Crippen molar-refractivity contribution in [2.75, 3.05) is 13.2 Å². The van der Waals surface area contributed by atoms with E-state index in [0.29, 0.717) is 6.54 Å². The van der Waals surface area contributed by atoms with Crippen molar-refractivity contribution in [1.82, 2.24) is 5.32 Å². The van der Waals surface area contributed by atoms with Crippen molar-refractivity contribution >= 4 is 5.91 Å². The third-order valence-electron chi connectivity index (χ3n) is 2.00. The summed E-state index contributed by atoms with van der Waals surface area (Å²) in [7, 11) is 0. The lowest BCUT2D eigenvalue weighted by atomic mass is 10.2. The highest BCUT2D eigenvalue weighted by atomic mass is 16.5. The summed E-state index contributed by atoms with van der Waals surface area (Å²) < 4.78 is 5.37. The number of amides is 1. The molecule has 1 atom stereocenters. The van der Waals surface area contributed by atoms with Crippen molar-refractivity contribution in [1.29, 1.82) is 0 Å². The van der Waals surface area contributed by atoms with Gasteiger partial charge in [-0.05, 0) is 26.7 Å². The SMILES string of the molecule is C#CCC(N)C(=O)NCCCCOC(C)C. The van der Waals surface area contributed by atoms with Gasteiger partial charge in [0.15, 0.2) is 0 Å². The molecule has 0 bridgehead atoms. The summed E-state index contributed by atoms with van der Waals surface area (Å²) in [4.78, 5) is 11.3. The molecule has 0 rings (SSSR count). The quantitative estimate of drug-likeness (QED) is 0.472. The van der Waals surface area contributed by atoms with E-state index in [2.05, 4.69) is 11.2 Å². The topological polar surface area (TPSA) is 64.4 Å². The summed E-state index contributed by atoms with van der Waals surface area (Å²) in [5.74, 6) is 2.19. The molecule has 0 fully saturated rings. The molecule has 0 aromatic heterocycles. The van der Waals surface area contributed by atoms with Gasteiger partial charge in [-0.25, -0.2) is 0 Å². The number of hydrogen-bond donors (Lipinski definition) is 2. The molecular formula is C12H22N2O2. The Morgan fingerprint density at radius 2 is 2.19 bits per heavy atom. The first kappa shape index (κ1) is 14.9. The Bertz CT molecular complexity index is 234. The molecule has 1 unspecified atom stereocenters. The smallest absolute Gasteiger partial charge is 0.237 e. The molecule has 0 spiro atoms. The van der Waals surface area contributed by atoms with Crippen LogP contribution in [0.3, 0.4) is 0 Å². The van der Waals surface area contributed by atoms with Gasteiger partial charge in [0.05, 0.1) is 12.1 Å². The summed E-state index contributed by atoms with van der Waals surface area (Å²) in [6, 6.07) is -0.586. The average molecular weight is 226 g/mol. The van der Waals surface area contributed by atoms with Gasteiger partial charge in [0, 0.05) is 19.6 Å². The van der Waals surface area contributed by atoms with Gasteiger partial charge in [-0.2, -0.15) is 0 Å². The highest BCUT2D eigenvalue weighted by molar-refractivity contribution is 5.81. The minimum absolute atomic E-state index is 0.178. The van der Waals surface area contributed by atoms with Gasteiger partial charge >= 0.3 is 0 Å². The van der Waals surface area contributed by atoms with Crippen LogP contribution in [-0.4, -0.2) is 31.2 Å². The molecule has 0 aliphatic rings. The number of carbonyl (C=O) groups excluding carboxylic acids is 1. The Hall–Kier alpha value is -1.05. The lowest BCUT2D eigenvalue weighted by Gasteiger charge is -2.10. The molecule has 0 heterocycles. The molecule has 0 saturated heterocycles. The fraction of sp³-hybridized carbons (Fsp3) is 0.750. The lowest BCUT2D eigenvalue weighted by Crippen LogP contribution is -2.40. The van der Waals surface area contributed by atoms with E-state index in [-0.39, 0.29) is 18.4 Å². The molecule has 0 aromatic rings. The maximum atomic E-state index is 11.3. The van der Waals surface area contributed by atoms with Crippen LogP contribution in [0, 0.1) is 12.3 Å². The summed E-state index contributed by atoms with van der Waals surface area (Å²) in [5.41, 5.74) is 5.53. The van der Waals surface area contributed by atoms with E-state index in [4.69, 9.17) is 16.9 Å². The summed E-state index contributed by atoms with van der Waals surface area (Å²) >= 11 is 0. The second kappa shape index (κ2) is 9.20. The molecule has 16 heavy (non-hydrogen) atoms. The van der Waals surface area contributed by atoms with Gasteiger partial charge < -0.3 is 15.8 Å². The molecule has 3 N–H and O–H groups in total. The first-order valence-corrected chi connectivity index (χ1v) is 5.66. The zero-order chi connectivity index (χ0) is 12.4. The average Bonchev–Trinajstić information content (AvgIpc) is 2.22. The Balaban J connectivity index is 3.38. The highest BCUT2D eigenvalue weighted by Gasteiger charge is 2.10. The van der Waals surface area contributed by atoms with Gasteiger partial charge in [0.2, 0.25) is 5.91 Å². The van der Waals surface area contributed by atoms with Crippen LogP contribution in [0.4, 0.5) is 0 Å². The normalized spacial score (nSPS) is 12.2. The van der Waals surface area contributed by atoms with Crippen LogP contribution in [0.1, 0.15) is 33.1 Å². The van der Waals surface area contributed by atoms with Crippen LogP contribution in [0.5, 0.6) is 0 Å². The van der Waals surface area contributed by atoms with Crippen LogP contribution in [0.2, 0.25) is 0 Å². The standard InChI is InChI=1S/C12H22N2O2/c1-4-7-11(13)12(15)14-8-5-6-9-16-10(2)3/h1,10-11H,5-9,13H2,2-3H3,(H,14,15). The molecule has 0 aromatic carbocycles. The Labute approximate surface area is 97.9 Å². The molecule has 0 radical (unpaired) electrons. The number of unbranched alkanes of at least 4 members (excludes halogenated alkanes) is 1. The maximum Gasteiger partial charge on any atom is 0.237 e. The van der Waals surface area contributed by atoms with Crippen LogP contribution in [0.15, 0.2) is 0 Å². The van der Waals surface area contributed by atoms with Gasteiger partial charge in [-0.15, -0.1) is 12.3 Å². The summed E-state index contributed by atoms with van der Waals surface area (Å²) in [6.45, 7) is 5.35. The molecule has 0 saturated carbocycles. The zero-order valence-electron chi connectivity index (χ0n) is 10.2. The third-order valence-corrected chi connectivity index (χ3v) is 2.00. The second-order valence-corrected chi connectivity index (χ2v) is 3.93. The first-order chi connectivity index (χ1) is 7.57. The van der Waals surface area contributed by atoms with Crippen molar-refractivity contribution in [3.8, 4) is 12.3 Å². The van der Waals surface area contributed by atoms with E-state index in [1.807, 2.05) is 13.8 Å². The summed E-state index contributed by atoms with van der Waals surface area (Å²) in [5, 5.41) is 2.74. The van der Waals surface area contributed by atoms with Crippen LogP contribution < -0.4 is 11.1 Å². The third kappa shape index (κ3) is 8.27. The van der Waals surface area contributed by atoms with E-state index in [0.717, 1.165) is 19.4 Å². The van der Waals surface area contributed by atoms with Crippen molar-refractivity contribution < 1.29 is 9.53 Å². The minimum Gasteiger partial charge on any atom is -0.379 e. The number of carbonyl (C=O) groups is 1. The van der Waals surface area contributed by atoms with Crippen LogP contribution in [-0.2, 0) is 9.53 Å². The van der Waals surface area contributed by atoms with E-state index in [1.165, 1.54) is 0 Å². The fourth-order valence-corrected chi connectivity index (χ4v) is 1.11. The van der Waals surface area contributed by atoms with Gasteiger partial charge in [0.1, 0.15) is 0 Å².